The molecule has 4 nitrogen and oxygen atoms in total. The van der Waals surface area contributed by atoms with Crippen molar-refractivity contribution in [1.82, 2.24) is 0 Å². The standard InChI is InChI=1S/C10H14N2O2/c1-9(2)10(12-8-14)5-3-4-6-11-7-13/h10H,1,3-6H2,2H3. The van der Waals surface area contributed by atoms with E-state index in [2.05, 4.69) is 16.6 Å². The van der Waals surface area contributed by atoms with Crippen molar-refractivity contribution in [2.45, 2.75) is 32.2 Å². The Morgan fingerprint density at radius 2 is 2.07 bits per heavy atom. The second-order valence-electron chi connectivity index (χ2n) is 3.05. The molecule has 0 aliphatic rings. The fourth-order valence-corrected chi connectivity index (χ4v) is 1.06. The maximum Gasteiger partial charge on any atom is 0.235 e. The predicted octanol–water partition coefficient (Wildman–Crippen LogP) is 1.77. The zero-order valence-corrected chi connectivity index (χ0v) is 8.32. The molecule has 0 fully saturated rings. The summed E-state index contributed by atoms with van der Waals surface area (Å²) >= 11 is 0. The van der Waals surface area contributed by atoms with E-state index in [1.54, 1.807) is 0 Å². The summed E-state index contributed by atoms with van der Waals surface area (Å²) in [5.74, 6) is 0. The molecule has 0 aromatic carbocycles. The fourth-order valence-electron chi connectivity index (χ4n) is 1.06. The van der Waals surface area contributed by atoms with Crippen LogP contribution in [0.25, 0.3) is 0 Å². The number of hydrogen-bond acceptors (Lipinski definition) is 4. The normalized spacial score (nSPS) is 10.9. The minimum Gasteiger partial charge on any atom is -0.211 e. The highest BCUT2D eigenvalue weighted by atomic mass is 16.1. The second kappa shape index (κ2) is 8.11. The molecule has 0 bridgehead atoms. The van der Waals surface area contributed by atoms with Crippen molar-refractivity contribution in [3.63, 3.8) is 0 Å². The first-order valence-corrected chi connectivity index (χ1v) is 4.48. The Morgan fingerprint density at radius 1 is 1.36 bits per heavy atom. The third-order valence-electron chi connectivity index (χ3n) is 1.84. The Balaban J connectivity index is 3.77. The molecule has 0 aliphatic carbocycles. The molecular weight excluding hydrogens is 180 g/mol. The number of aliphatic imine (C=N–C) groups is 2. The third kappa shape index (κ3) is 6.06. The molecule has 0 saturated heterocycles. The van der Waals surface area contributed by atoms with Crippen molar-refractivity contribution in [3.05, 3.63) is 12.2 Å². The highest BCUT2D eigenvalue weighted by Gasteiger charge is 2.06. The van der Waals surface area contributed by atoms with Crippen molar-refractivity contribution in [2.24, 2.45) is 9.98 Å². The molecule has 4 heteroatoms. The van der Waals surface area contributed by atoms with Gasteiger partial charge in [0.2, 0.25) is 12.2 Å². The van der Waals surface area contributed by atoms with Gasteiger partial charge in [-0.2, -0.15) is 4.99 Å². The van der Waals surface area contributed by atoms with E-state index in [4.69, 9.17) is 0 Å². The van der Waals surface area contributed by atoms with Gasteiger partial charge in [-0.25, -0.2) is 14.6 Å². The van der Waals surface area contributed by atoms with Crippen LogP contribution >= 0.6 is 0 Å². The zero-order chi connectivity index (χ0) is 10.8. The van der Waals surface area contributed by atoms with Gasteiger partial charge in [-0.3, -0.25) is 0 Å². The minimum absolute atomic E-state index is 0.146. The van der Waals surface area contributed by atoms with Gasteiger partial charge in [-0.05, 0) is 26.2 Å². The summed E-state index contributed by atoms with van der Waals surface area (Å²) < 4.78 is 0. The molecule has 0 aromatic rings. The molecule has 0 amide bonds. The van der Waals surface area contributed by atoms with Gasteiger partial charge < -0.3 is 0 Å². The van der Waals surface area contributed by atoms with Crippen molar-refractivity contribution in [3.8, 4) is 0 Å². The van der Waals surface area contributed by atoms with Crippen LogP contribution in [0.5, 0.6) is 0 Å². The Kier molecular flexibility index (Phi) is 7.24. The number of hydrogen-bond donors (Lipinski definition) is 0. The number of nitrogens with zero attached hydrogens (tertiary/aromatic N) is 2. The fraction of sp³-hybridized carbons (Fsp3) is 0.600. The average Bonchev–Trinajstić information content (AvgIpc) is 2.15. The molecule has 0 radical (unpaired) electrons. The first kappa shape index (κ1) is 12.5. The smallest absolute Gasteiger partial charge is 0.211 e. The van der Waals surface area contributed by atoms with Gasteiger partial charge in [-0.1, -0.05) is 12.2 Å². The molecule has 14 heavy (non-hydrogen) atoms. The van der Waals surface area contributed by atoms with Gasteiger partial charge in [0.25, 0.3) is 0 Å². The van der Waals surface area contributed by atoms with Crippen LogP contribution in [0, 0.1) is 0 Å². The van der Waals surface area contributed by atoms with Gasteiger partial charge in [0, 0.05) is 0 Å². The van der Waals surface area contributed by atoms with E-state index < -0.39 is 0 Å². The number of isocyanates is 2. The molecule has 0 heterocycles. The monoisotopic (exact) mass is 194 g/mol. The summed E-state index contributed by atoms with van der Waals surface area (Å²) in [5, 5.41) is 0. The summed E-state index contributed by atoms with van der Waals surface area (Å²) in [6.45, 7) is 6.04. The van der Waals surface area contributed by atoms with E-state index >= 15 is 0 Å². The van der Waals surface area contributed by atoms with Gasteiger partial charge in [0.1, 0.15) is 0 Å². The molecule has 0 aromatic heterocycles. The second-order valence-corrected chi connectivity index (χ2v) is 3.05. The quantitative estimate of drug-likeness (QED) is 0.268. The van der Waals surface area contributed by atoms with E-state index in [0.717, 1.165) is 24.8 Å². The van der Waals surface area contributed by atoms with Crippen molar-refractivity contribution in [1.29, 1.82) is 0 Å². The Hall–Kier alpha value is -1.50. The number of unbranched alkanes of at least 4 members (excludes halogenated alkanes) is 1. The lowest BCUT2D eigenvalue weighted by Crippen LogP contribution is -2.05. The van der Waals surface area contributed by atoms with E-state index in [-0.39, 0.29) is 6.04 Å². The molecule has 76 valence electrons. The SMILES string of the molecule is C=C(C)C(CCCCN=C=O)N=C=O. The van der Waals surface area contributed by atoms with Crippen LogP contribution in [0.2, 0.25) is 0 Å². The lowest BCUT2D eigenvalue weighted by atomic mass is 10.0. The average molecular weight is 194 g/mol. The molecule has 1 atom stereocenters. The lowest BCUT2D eigenvalue weighted by molar-refractivity contribution is 0.552. The van der Waals surface area contributed by atoms with Crippen LogP contribution in [0.3, 0.4) is 0 Å². The lowest BCUT2D eigenvalue weighted by Gasteiger charge is -2.08. The molecular formula is C10H14N2O2. The highest BCUT2D eigenvalue weighted by Crippen LogP contribution is 2.11. The summed E-state index contributed by atoms with van der Waals surface area (Å²) in [4.78, 5) is 26.8. The number of rotatable bonds is 7. The van der Waals surface area contributed by atoms with Crippen LogP contribution in [0.4, 0.5) is 0 Å². The van der Waals surface area contributed by atoms with Crippen LogP contribution in [0.15, 0.2) is 22.1 Å². The zero-order valence-electron chi connectivity index (χ0n) is 8.32. The highest BCUT2D eigenvalue weighted by molar-refractivity contribution is 5.35. The number of carbonyl (C=O) groups excluding carboxylic acids is 2. The molecule has 0 aliphatic heterocycles. The van der Waals surface area contributed by atoms with Crippen molar-refractivity contribution >= 4 is 12.2 Å². The summed E-state index contributed by atoms with van der Waals surface area (Å²) in [5.41, 5.74) is 0.854. The first-order valence-electron chi connectivity index (χ1n) is 4.48. The van der Waals surface area contributed by atoms with E-state index in [9.17, 15) is 9.59 Å². The van der Waals surface area contributed by atoms with Gasteiger partial charge in [0.05, 0.1) is 12.6 Å². The summed E-state index contributed by atoms with van der Waals surface area (Å²) in [6, 6.07) is -0.146. The predicted molar refractivity (Wildman–Crippen MR) is 53.6 cm³/mol. The largest absolute Gasteiger partial charge is 0.235 e. The van der Waals surface area contributed by atoms with E-state index in [1.807, 2.05) is 6.92 Å². The van der Waals surface area contributed by atoms with Crippen LogP contribution in [-0.2, 0) is 9.59 Å². The third-order valence-corrected chi connectivity index (χ3v) is 1.84. The maximum atomic E-state index is 10.1. The summed E-state index contributed by atoms with van der Waals surface area (Å²) in [7, 11) is 0. The van der Waals surface area contributed by atoms with E-state index in [1.165, 1.54) is 12.2 Å². The topological polar surface area (TPSA) is 58.9 Å². The van der Waals surface area contributed by atoms with Gasteiger partial charge >= 0.3 is 0 Å². The van der Waals surface area contributed by atoms with Gasteiger partial charge in [-0.15, -0.1) is 0 Å². The van der Waals surface area contributed by atoms with Crippen LogP contribution in [0.1, 0.15) is 26.2 Å². The summed E-state index contributed by atoms with van der Waals surface area (Å²) in [6.07, 6.45) is 5.41. The molecule has 0 saturated carbocycles. The maximum absolute atomic E-state index is 10.1. The van der Waals surface area contributed by atoms with Gasteiger partial charge in [0.15, 0.2) is 0 Å². The Bertz CT molecular complexity index is 272. The van der Waals surface area contributed by atoms with E-state index in [0.29, 0.717) is 6.54 Å². The molecule has 0 rings (SSSR count). The molecule has 0 N–H and O–H groups in total. The Morgan fingerprint density at radius 3 is 2.57 bits per heavy atom. The first-order chi connectivity index (χ1) is 6.72. The van der Waals surface area contributed by atoms with Crippen molar-refractivity contribution < 1.29 is 9.59 Å². The molecule has 1 unspecified atom stereocenters. The minimum atomic E-state index is -0.146. The molecule has 0 spiro atoms. The Labute approximate surface area is 83.4 Å². The van der Waals surface area contributed by atoms with Crippen LogP contribution in [-0.4, -0.2) is 24.7 Å². The van der Waals surface area contributed by atoms with Crippen LogP contribution < -0.4 is 0 Å². The van der Waals surface area contributed by atoms with Crippen molar-refractivity contribution in [2.75, 3.05) is 6.54 Å².